The Balaban J connectivity index is 1.82. The largest absolute Gasteiger partial charge is 0.348 e. The van der Waals surface area contributed by atoms with Gasteiger partial charge in [-0.15, -0.1) is 0 Å². The van der Waals surface area contributed by atoms with Crippen LogP contribution in [0.4, 0.5) is 4.39 Å². The van der Waals surface area contributed by atoms with Crippen molar-refractivity contribution in [1.29, 1.82) is 0 Å². The van der Waals surface area contributed by atoms with Gasteiger partial charge in [0.25, 0.3) is 0 Å². The highest BCUT2D eigenvalue weighted by Crippen LogP contribution is 2.13. The summed E-state index contributed by atoms with van der Waals surface area (Å²) < 4.78 is 13.1. The number of likely N-dealkylation sites (tertiary alicyclic amines) is 1. The molecule has 0 radical (unpaired) electrons. The number of hydrogen-bond donors (Lipinski definition) is 2. The van der Waals surface area contributed by atoms with Gasteiger partial charge in [-0.3, -0.25) is 9.69 Å². The van der Waals surface area contributed by atoms with Crippen molar-refractivity contribution < 1.29 is 9.18 Å². The maximum Gasteiger partial charge on any atom is 0.234 e. The summed E-state index contributed by atoms with van der Waals surface area (Å²) in [7, 11) is 0. The Hall–Kier alpha value is -1.46. The zero-order valence-corrected chi connectivity index (χ0v) is 11.8. The molecule has 0 bridgehead atoms. The Labute approximate surface area is 119 Å². The predicted octanol–water partition coefficient (Wildman–Crippen LogP) is 1.43. The van der Waals surface area contributed by atoms with Crippen molar-refractivity contribution in [3.63, 3.8) is 0 Å². The van der Waals surface area contributed by atoms with E-state index in [9.17, 15) is 9.18 Å². The number of amides is 1. The quantitative estimate of drug-likeness (QED) is 0.876. The molecule has 4 nitrogen and oxygen atoms in total. The second-order valence-electron chi connectivity index (χ2n) is 5.46. The molecule has 1 aliphatic heterocycles. The van der Waals surface area contributed by atoms with Crippen molar-refractivity contribution in [3.05, 3.63) is 35.6 Å². The van der Waals surface area contributed by atoms with E-state index < -0.39 is 0 Å². The predicted molar refractivity (Wildman–Crippen MR) is 76.6 cm³/mol. The Morgan fingerprint density at radius 2 is 2.20 bits per heavy atom. The first-order valence-corrected chi connectivity index (χ1v) is 7.07. The molecule has 0 aliphatic carbocycles. The molecule has 1 aromatic carbocycles. The second kappa shape index (κ2) is 6.81. The van der Waals surface area contributed by atoms with Gasteiger partial charge in [0.2, 0.25) is 5.91 Å². The number of benzene rings is 1. The molecule has 0 spiro atoms. The number of halogens is 1. The van der Waals surface area contributed by atoms with Gasteiger partial charge in [-0.05, 0) is 37.5 Å². The summed E-state index contributed by atoms with van der Waals surface area (Å²) in [6, 6.07) is 6.39. The molecule has 2 rings (SSSR count). The van der Waals surface area contributed by atoms with Crippen LogP contribution in [0.3, 0.4) is 0 Å². The lowest BCUT2D eigenvalue weighted by Gasteiger charge is -2.29. The zero-order chi connectivity index (χ0) is 14.5. The third-order valence-electron chi connectivity index (χ3n) is 3.73. The van der Waals surface area contributed by atoms with Crippen LogP contribution in [0.2, 0.25) is 0 Å². The fraction of sp³-hybridized carbons (Fsp3) is 0.533. The van der Waals surface area contributed by atoms with Crippen LogP contribution in [0.5, 0.6) is 0 Å². The van der Waals surface area contributed by atoms with E-state index in [4.69, 9.17) is 5.73 Å². The van der Waals surface area contributed by atoms with Gasteiger partial charge in [-0.1, -0.05) is 12.1 Å². The summed E-state index contributed by atoms with van der Waals surface area (Å²) in [6.07, 6.45) is 1.87. The Bertz CT molecular complexity index is 458. The van der Waals surface area contributed by atoms with Crippen molar-refractivity contribution in [3.8, 4) is 0 Å². The number of carbonyl (C=O) groups excluding carboxylic acids is 1. The molecule has 5 heteroatoms. The molecule has 1 aromatic rings. The highest BCUT2D eigenvalue weighted by atomic mass is 19.1. The van der Waals surface area contributed by atoms with E-state index in [-0.39, 0.29) is 23.8 Å². The topological polar surface area (TPSA) is 58.4 Å². The Morgan fingerprint density at radius 3 is 2.85 bits per heavy atom. The van der Waals surface area contributed by atoms with Gasteiger partial charge in [-0.25, -0.2) is 4.39 Å². The summed E-state index contributed by atoms with van der Waals surface area (Å²) >= 11 is 0. The molecular weight excluding hydrogens is 257 g/mol. The van der Waals surface area contributed by atoms with Gasteiger partial charge in [0, 0.05) is 19.1 Å². The average Bonchev–Trinajstić information content (AvgIpc) is 2.41. The summed E-state index contributed by atoms with van der Waals surface area (Å²) in [5.74, 6) is -0.314. The van der Waals surface area contributed by atoms with E-state index in [1.807, 2.05) is 13.0 Å². The van der Waals surface area contributed by atoms with Crippen LogP contribution in [0.1, 0.15) is 31.4 Å². The standard InChI is InChI=1S/C15H22FN3O/c1-11(12-3-2-4-13(16)9-12)18-15(20)10-19-7-5-14(17)6-8-19/h2-4,9,11,14H,5-8,10,17H2,1H3,(H,18,20)/t11-/m1/s1. The molecule has 110 valence electrons. The Morgan fingerprint density at radius 1 is 1.50 bits per heavy atom. The molecular formula is C15H22FN3O. The number of hydrogen-bond acceptors (Lipinski definition) is 3. The number of rotatable bonds is 4. The van der Waals surface area contributed by atoms with E-state index in [1.165, 1.54) is 12.1 Å². The van der Waals surface area contributed by atoms with Crippen LogP contribution >= 0.6 is 0 Å². The van der Waals surface area contributed by atoms with Crippen molar-refractivity contribution >= 4 is 5.91 Å². The lowest BCUT2D eigenvalue weighted by atomic mass is 10.1. The molecule has 1 heterocycles. The van der Waals surface area contributed by atoms with Crippen LogP contribution in [0.25, 0.3) is 0 Å². The van der Waals surface area contributed by atoms with Gasteiger partial charge in [0.15, 0.2) is 0 Å². The molecule has 1 saturated heterocycles. The van der Waals surface area contributed by atoms with E-state index in [0.717, 1.165) is 31.5 Å². The van der Waals surface area contributed by atoms with Crippen molar-refractivity contribution in [1.82, 2.24) is 10.2 Å². The minimum atomic E-state index is -0.284. The highest BCUT2D eigenvalue weighted by molar-refractivity contribution is 5.78. The minimum Gasteiger partial charge on any atom is -0.348 e. The summed E-state index contributed by atoms with van der Waals surface area (Å²) in [5.41, 5.74) is 6.61. The maximum absolute atomic E-state index is 13.1. The van der Waals surface area contributed by atoms with Crippen LogP contribution in [0, 0.1) is 5.82 Å². The summed E-state index contributed by atoms with van der Waals surface area (Å²) in [6.45, 7) is 3.97. The third-order valence-corrected chi connectivity index (χ3v) is 3.73. The lowest BCUT2D eigenvalue weighted by Crippen LogP contribution is -2.44. The highest BCUT2D eigenvalue weighted by Gasteiger charge is 2.19. The van der Waals surface area contributed by atoms with Gasteiger partial charge in [0.05, 0.1) is 12.6 Å². The maximum atomic E-state index is 13.1. The molecule has 20 heavy (non-hydrogen) atoms. The molecule has 1 amide bonds. The molecule has 3 N–H and O–H groups in total. The van der Waals surface area contributed by atoms with E-state index in [0.29, 0.717) is 6.54 Å². The monoisotopic (exact) mass is 279 g/mol. The van der Waals surface area contributed by atoms with E-state index in [1.54, 1.807) is 6.07 Å². The van der Waals surface area contributed by atoms with E-state index >= 15 is 0 Å². The van der Waals surface area contributed by atoms with Crippen molar-refractivity contribution in [2.45, 2.75) is 31.8 Å². The molecule has 1 atom stereocenters. The van der Waals surface area contributed by atoms with Gasteiger partial charge in [-0.2, -0.15) is 0 Å². The Kier molecular flexibility index (Phi) is 5.09. The number of nitrogens with one attached hydrogen (secondary N) is 1. The van der Waals surface area contributed by atoms with Crippen molar-refractivity contribution in [2.75, 3.05) is 19.6 Å². The first kappa shape index (κ1) is 14.9. The fourth-order valence-corrected chi connectivity index (χ4v) is 2.46. The average molecular weight is 279 g/mol. The number of nitrogens with two attached hydrogens (primary N) is 1. The molecule has 1 aliphatic rings. The third kappa shape index (κ3) is 4.28. The van der Waals surface area contributed by atoms with Crippen LogP contribution in [-0.4, -0.2) is 36.5 Å². The van der Waals surface area contributed by atoms with Crippen molar-refractivity contribution in [2.24, 2.45) is 5.73 Å². The van der Waals surface area contributed by atoms with Crippen LogP contribution in [0.15, 0.2) is 24.3 Å². The first-order valence-electron chi connectivity index (χ1n) is 7.07. The summed E-state index contributed by atoms with van der Waals surface area (Å²) in [4.78, 5) is 14.1. The van der Waals surface area contributed by atoms with Gasteiger partial charge < -0.3 is 11.1 Å². The number of piperidine rings is 1. The SMILES string of the molecule is C[C@@H](NC(=O)CN1CCC(N)CC1)c1cccc(F)c1. The van der Waals surface area contributed by atoms with Gasteiger partial charge >= 0.3 is 0 Å². The van der Waals surface area contributed by atoms with E-state index in [2.05, 4.69) is 10.2 Å². The number of carbonyl (C=O) groups is 1. The minimum absolute atomic E-state index is 0.0303. The fourth-order valence-electron chi connectivity index (χ4n) is 2.46. The molecule has 0 saturated carbocycles. The van der Waals surface area contributed by atoms with Crippen LogP contribution < -0.4 is 11.1 Å². The summed E-state index contributed by atoms with van der Waals surface area (Å²) in [5, 5.41) is 2.90. The lowest BCUT2D eigenvalue weighted by molar-refractivity contribution is -0.123. The van der Waals surface area contributed by atoms with Crippen LogP contribution in [-0.2, 0) is 4.79 Å². The number of nitrogens with zero attached hydrogens (tertiary/aromatic N) is 1. The first-order chi connectivity index (χ1) is 9.54. The zero-order valence-electron chi connectivity index (χ0n) is 11.8. The smallest absolute Gasteiger partial charge is 0.234 e. The van der Waals surface area contributed by atoms with Gasteiger partial charge in [0.1, 0.15) is 5.82 Å². The molecule has 0 unspecified atom stereocenters. The normalized spacial score (nSPS) is 18.8. The second-order valence-corrected chi connectivity index (χ2v) is 5.46. The molecule has 1 fully saturated rings. The molecule has 0 aromatic heterocycles.